The molecule has 1 aliphatic rings. The molecule has 0 saturated heterocycles. The van der Waals surface area contributed by atoms with Crippen molar-refractivity contribution in [2.24, 2.45) is 5.41 Å². The molecule has 1 aliphatic carbocycles. The van der Waals surface area contributed by atoms with Gasteiger partial charge in [-0.3, -0.25) is 0 Å². The first-order chi connectivity index (χ1) is 9.99. The fourth-order valence-corrected chi connectivity index (χ4v) is 2.13. The van der Waals surface area contributed by atoms with Gasteiger partial charge in [-0.1, -0.05) is 32.9 Å². The maximum Gasteiger partial charge on any atom is 0.165 e. The summed E-state index contributed by atoms with van der Waals surface area (Å²) in [5.41, 5.74) is 1.48. The Morgan fingerprint density at radius 1 is 1.19 bits per heavy atom. The molecule has 1 aromatic carbocycles. The summed E-state index contributed by atoms with van der Waals surface area (Å²) in [4.78, 5) is 0. The van der Waals surface area contributed by atoms with Crippen LogP contribution in [0.2, 0.25) is 0 Å². The highest BCUT2D eigenvalue weighted by Gasteiger charge is 2.21. The van der Waals surface area contributed by atoms with Crippen molar-refractivity contribution < 1.29 is 9.47 Å². The quantitative estimate of drug-likeness (QED) is 0.780. The molecular formula is C18H29NO2. The Morgan fingerprint density at radius 2 is 1.95 bits per heavy atom. The summed E-state index contributed by atoms with van der Waals surface area (Å²) in [7, 11) is 0. The lowest BCUT2D eigenvalue weighted by atomic mass is 9.93. The van der Waals surface area contributed by atoms with Gasteiger partial charge >= 0.3 is 0 Å². The lowest BCUT2D eigenvalue weighted by Crippen LogP contribution is -2.17. The summed E-state index contributed by atoms with van der Waals surface area (Å²) in [6.07, 6.45) is 3.62. The van der Waals surface area contributed by atoms with Crippen LogP contribution < -0.4 is 14.8 Å². The Hall–Kier alpha value is -1.22. The van der Waals surface area contributed by atoms with E-state index in [9.17, 15) is 0 Å². The Bertz CT molecular complexity index is 447. The second-order valence-corrected chi connectivity index (χ2v) is 6.99. The summed E-state index contributed by atoms with van der Waals surface area (Å²) >= 11 is 0. The van der Waals surface area contributed by atoms with Gasteiger partial charge in [0, 0.05) is 18.2 Å². The molecule has 0 bridgehead atoms. The van der Waals surface area contributed by atoms with E-state index in [1.165, 1.54) is 18.4 Å². The zero-order chi connectivity index (χ0) is 15.3. The molecule has 1 aromatic rings. The lowest BCUT2D eigenvalue weighted by molar-refractivity contribution is 0.227. The van der Waals surface area contributed by atoms with Crippen molar-refractivity contribution in [2.75, 3.05) is 13.2 Å². The standard InChI is InChI=1S/C18H29NO2/c1-5-20-16-8-6-7-14(13-19-15-9-10-15)17(16)21-12-11-18(2,3)4/h6-8,15,19H,5,9-13H2,1-4H3. The monoisotopic (exact) mass is 291 g/mol. The fraction of sp³-hybridized carbons (Fsp3) is 0.667. The van der Waals surface area contributed by atoms with Crippen molar-refractivity contribution in [3.63, 3.8) is 0 Å². The number of rotatable bonds is 8. The van der Waals surface area contributed by atoms with Crippen molar-refractivity contribution in [1.82, 2.24) is 5.32 Å². The molecule has 3 heteroatoms. The van der Waals surface area contributed by atoms with E-state index in [2.05, 4.69) is 32.2 Å². The highest BCUT2D eigenvalue weighted by atomic mass is 16.5. The molecule has 3 nitrogen and oxygen atoms in total. The van der Waals surface area contributed by atoms with Gasteiger partial charge in [-0.2, -0.15) is 0 Å². The van der Waals surface area contributed by atoms with E-state index in [0.717, 1.165) is 31.1 Å². The molecule has 0 atom stereocenters. The first-order valence-corrected chi connectivity index (χ1v) is 8.10. The summed E-state index contributed by atoms with van der Waals surface area (Å²) in [6.45, 7) is 11.0. The van der Waals surface area contributed by atoms with E-state index in [-0.39, 0.29) is 5.41 Å². The van der Waals surface area contributed by atoms with Crippen LogP contribution in [0.1, 0.15) is 52.5 Å². The third-order valence-electron chi connectivity index (χ3n) is 3.62. The van der Waals surface area contributed by atoms with Crippen LogP contribution in [0.5, 0.6) is 11.5 Å². The smallest absolute Gasteiger partial charge is 0.165 e. The van der Waals surface area contributed by atoms with Crippen LogP contribution in [0, 0.1) is 5.41 Å². The van der Waals surface area contributed by atoms with E-state index in [1.54, 1.807) is 0 Å². The number of hydrogen-bond acceptors (Lipinski definition) is 3. The second-order valence-electron chi connectivity index (χ2n) is 6.99. The predicted octanol–water partition coefficient (Wildman–Crippen LogP) is 4.15. The van der Waals surface area contributed by atoms with Crippen LogP contribution in [-0.2, 0) is 6.54 Å². The maximum absolute atomic E-state index is 6.08. The van der Waals surface area contributed by atoms with Crippen molar-refractivity contribution >= 4 is 0 Å². The number of nitrogens with one attached hydrogen (secondary N) is 1. The minimum Gasteiger partial charge on any atom is -0.490 e. The van der Waals surface area contributed by atoms with Gasteiger partial charge in [0.25, 0.3) is 0 Å². The van der Waals surface area contributed by atoms with Gasteiger partial charge in [0.1, 0.15) is 0 Å². The molecule has 0 aliphatic heterocycles. The van der Waals surface area contributed by atoms with Gasteiger partial charge in [0.15, 0.2) is 11.5 Å². The topological polar surface area (TPSA) is 30.5 Å². The van der Waals surface area contributed by atoms with Crippen LogP contribution in [-0.4, -0.2) is 19.3 Å². The van der Waals surface area contributed by atoms with E-state index in [1.807, 2.05) is 19.1 Å². The van der Waals surface area contributed by atoms with Gasteiger partial charge in [-0.15, -0.1) is 0 Å². The largest absolute Gasteiger partial charge is 0.490 e. The summed E-state index contributed by atoms with van der Waals surface area (Å²) in [5.74, 6) is 1.78. The molecule has 0 aromatic heterocycles. The maximum atomic E-state index is 6.08. The van der Waals surface area contributed by atoms with Crippen molar-refractivity contribution in [1.29, 1.82) is 0 Å². The van der Waals surface area contributed by atoms with Crippen LogP contribution >= 0.6 is 0 Å². The minimum absolute atomic E-state index is 0.285. The molecule has 1 N–H and O–H groups in total. The SMILES string of the molecule is CCOc1cccc(CNC2CC2)c1OCCC(C)(C)C. The van der Waals surface area contributed by atoms with Crippen LogP contribution in [0.3, 0.4) is 0 Å². The number of para-hydroxylation sites is 1. The summed E-state index contributed by atoms with van der Waals surface area (Å²) < 4.78 is 11.8. The molecule has 0 heterocycles. The number of ether oxygens (including phenoxy) is 2. The number of hydrogen-bond donors (Lipinski definition) is 1. The predicted molar refractivity (Wildman–Crippen MR) is 87.0 cm³/mol. The third-order valence-corrected chi connectivity index (χ3v) is 3.62. The van der Waals surface area contributed by atoms with Crippen LogP contribution in [0.4, 0.5) is 0 Å². The van der Waals surface area contributed by atoms with Crippen molar-refractivity contribution in [3.05, 3.63) is 23.8 Å². The Balaban J connectivity index is 2.04. The molecule has 2 rings (SSSR count). The van der Waals surface area contributed by atoms with Crippen molar-refractivity contribution in [3.8, 4) is 11.5 Å². The van der Waals surface area contributed by atoms with E-state index in [4.69, 9.17) is 9.47 Å². The third kappa shape index (κ3) is 5.58. The molecule has 21 heavy (non-hydrogen) atoms. The van der Waals surface area contributed by atoms with Gasteiger partial charge in [-0.25, -0.2) is 0 Å². The lowest BCUT2D eigenvalue weighted by Gasteiger charge is -2.20. The van der Waals surface area contributed by atoms with Crippen LogP contribution in [0.15, 0.2) is 18.2 Å². The van der Waals surface area contributed by atoms with E-state index in [0.29, 0.717) is 12.6 Å². The average molecular weight is 291 g/mol. The van der Waals surface area contributed by atoms with Gasteiger partial charge in [0.2, 0.25) is 0 Å². The van der Waals surface area contributed by atoms with Gasteiger partial charge < -0.3 is 14.8 Å². The highest BCUT2D eigenvalue weighted by molar-refractivity contribution is 5.46. The molecular weight excluding hydrogens is 262 g/mol. The van der Waals surface area contributed by atoms with Gasteiger partial charge in [0.05, 0.1) is 13.2 Å². The Labute approximate surface area is 129 Å². The van der Waals surface area contributed by atoms with Gasteiger partial charge in [-0.05, 0) is 37.7 Å². The zero-order valence-electron chi connectivity index (χ0n) is 13.9. The average Bonchev–Trinajstić information content (AvgIpc) is 3.21. The molecule has 118 valence electrons. The fourth-order valence-electron chi connectivity index (χ4n) is 2.13. The summed E-state index contributed by atoms with van der Waals surface area (Å²) in [5, 5.41) is 3.55. The highest BCUT2D eigenvalue weighted by Crippen LogP contribution is 2.33. The normalized spacial score (nSPS) is 15.0. The second kappa shape index (κ2) is 7.17. The van der Waals surface area contributed by atoms with Crippen LogP contribution in [0.25, 0.3) is 0 Å². The number of benzene rings is 1. The molecule has 0 unspecified atom stereocenters. The first-order valence-electron chi connectivity index (χ1n) is 8.10. The molecule has 0 radical (unpaired) electrons. The van der Waals surface area contributed by atoms with E-state index >= 15 is 0 Å². The Morgan fingerprint density at radius 3 is 2.57 bits per heavy atom. The molecule has 1 fully saturated rings. The van der Waals surface area contributed by atoms with E-state index < -0.39 is 0 Å². The first kappa shape index (κ1) is 16.2. The molecule has 1 saturated carbocycles. The van der Waals surface area contributed by atoms with Crippen molar-refractivity contribution in [2.45, 2.75) is 59.5 Å². The molecule has 0 spiro atoms. The summed E-state index contributed by atoms with van der Waals surface area (Å²) in [6, 6.07) is 6.87. The minimum atomic E-state index is 0.285. The Kier molecular flexibility index (Phi) is 5.51. The molecule has 0 amide bonds. The zero-order valence-corrected chi connectivity index (χ0v) is 13.9.